The van der Waals surface area contributed by atoms with E-state index < -0.39 is 41.3 Å². The number of aryl methyl sites for hydroxylation is 1. The Bertz CT molecular complexity index is 1610. The predicted molar refractivity (Wildman–Crippen MR) is 150 cm³/mol. The van der Waals surface area contributed by atoms with E-state index in [0.29, 0.717) is 28.6 Å². The summed E-state index contributed by atoms with van der Waals surface area (Å²) in [5.41, 5.74) is 1.89. The van der Waals surface area contributed by atoms with Crippen LogP contribution in [0.4, 0.5) is 9.18 Å². The monoisotopic (exact) mass is 562 g/mol. The molecule has 1 saturated heterocycles. The lowest BCUT2D eigenvalue weighted by Gasteiger charge is -2.41. The van der Waals surface area contributed by atoms with Crippen molar-refractivity contribution < 1.29 is 23.1 Å². The normalized spacial score (nSPS) is 24.3. The summed E-state index contributed by atoms with van der Waals surface area (Å²) in [6.45, 7) is 9.52. The second kappa shape index (κ2) is 10.4. The van der Waals surface area contributed by atoms with Crippen molar-refractivity contribution in [3.05, 3.63) is 58.3 Å². The van der Waals surface area contributed by atoms with E-state index in [0.717, 1.165) is 0 Å². The summed E-state index contributed by atoms with van der Waals surface area (Å²) in [7, 11) is 1.60. The molecule has 1 saturated carbocycles. The Morgan fingerprint density at radius 2 is 1.85 bits per heavy atom. The lowest BCUT2D eigenvalue weighted by atomic mass is 9.83. The molecular formula is C31H35FN4O5. The third-order valence-electron chi connectivity index (χ3n) is 8.63. The Balaban J connectivity index is 1.32. The molecule has 10 heteroatoms. The van der Waals surface area contributed by atoms with Crippen LogP contribution in [0, 0.1) is 34.9 Å². The van der Waals surface area contributed by atoms with E-state index in [-0.39, 0.29) is 35.8 Å². The van der Waals surface area contributed by atoms with Crippen LogP contribution >= 0.6 is 0 Å². The summed E-state index contributed by atoms with van der Waals surface area (Å²) >= 11 is 0. The number of likely N-dealkylation sites (tertiary alicyclic amines) is 1. The van der Waals surface area contributed by atoms with E-state index >= 15 is 4.39 Å². The van der Waals surface area contributed by atoms with E-state index in [1.54, 1.807) is 63.1 Å². The first-order chi connectivity index (χ1) is 19.3. The van der Waals surface area contributed by atoms with Crippen LogP contribution in [0.15, 0.2) is 45.6 Å². The van der Waals surface area contributed by atoms with Crippen LogP contribution in [-0.2, 0) is 23.0 Å². The number of piperidine rings is 1. The van der Waals surface area contributed by atoms with E-state index in [1.165, 1.54) is 10.6 Å². The number of carbonyl (C=O) groups is 2. The average Bonchev–Trinajstić information content (AvgIpc) is 3.53. The lowest BCUT2D eigenvalue weighted by Crippen LogP contribution is -2.58. The second-order valence-corrected chi connectivity index (χ2v) is 12.3. The Labute approximate surface area is 237 Å². The zero-order chi connectivity index (χ0) is 29.8. The number of hydrogen-bond donors (Lipinski definition) is 1. The van der Waals surface area contributed by atoms with Crippen LogP contribution in [0.3, 0.4) is 0 Å². The van der Waals surface area contributed by atoms with Crippen molar-refractivity contribution in [2.75, 3.05) is 0 Å². The van der Waals surface area contributed by atoms with Gasteiger partial charge in [0.15, 0.2) is 5.58 Å². The SMILES string of the molecule is C[C@@H]1[C@H](C)[C@@H]2C[C@H]1[C@@H](C(=O)N[C@H](C#N)Cc1ccc(-c3ccc4oc(=O)n(C)c4c3)cc1F)N2C(=O)OC(C)(C)C. The summed E-state index contributed by atoms with van der Waals surface area (Å²) in [6, 6.07) is 10.1. The second-order valence-electron chi connectivity index (χ2n) is 12.3. The van der Waals surface area contributed by atoms with Gasteiger partial charge in [0.2, 0.25) is 5.91 Å². The maximum Gasteiger partial charge on any atom is 0.419 e. The number of benzene rings is 2. The molecule has 6 atom stereocenters. The first-order valence-corrected chi connectivity index (χ1v) is 13.9. The van der Waals surface area contributed by atoms with Crippen LogP contribution in [0.5, 0.6) is 0 Å². The number of oxazole rings is 1. The van der Waals surface area contributed by atoms with E-state index in [1.807, 2.05) is 0 Å². The van der Waals surface area contributed by atoms with Gasteiger partial charge in [0, 0.05) is 19.5 Å². The van der Waals surface area contributed by atoms with Crippen molar-refractivity contribution in [1.82, 2.24) is 14.8 Å². The molecule has 5 rings (SSSR count). The molecule has 1 N–H and O–H groups in total. The smallest absolute Gasteiger partial charge is 0.419 e. The number of nitriles is 1. The van der Waals surface area contributed by atoms with Gasteiger partial charge in [0.25, 0.3) is 0 Å². The fourth-order valence-electron chi connectivity index (χ4n) is 6.33. The molecule has 216 valence electrons. The summed E-state index contributed by atoms with van der Waals surface area (Å²) in [5, 5.41) is 12.6. The number of ether oxygens (including phenoxy) is 1. The molecule has 2 amide bonds. The number of amides is 2. The molecule has 1 aliphatic heterocycles. The maximum absolute atomic E-state index is 15.2. The standard InChI is InChI=1S/C31H35FN4O5/c1-16-17(2)24-14-22(16)27(36(24)30(39)41-31(3,4)5)28(37)34-21(15-33)11-20-8-7-18(12-23(20)32)19-9-10-26-25(13-19)35(6)29(38)40-26/h7-10,12-13,16-17,21-22,24,27H,11,14H2,1-6H3,(H,34,37)/t16-,17+,21+,22-,24+,27+/m1/s1. The first-order valence-electron chi connectivity index (χ1n) is 13.9. The summed E-state index contributed by atoms with van der Waals surface area (Å²) in [5.74, 6) is -1.03. The Morgan fingerprint density at radius 3 is 2.51 bits per heavy atom. The lowest BCUT2D eigenvalue weighted by molar-refractivity contribution is -0.130. The molecule has 9 nitrogen and oxygen atoms in total. The third kappa shape index (κ3) is 5.21. The zero-order valence-electron chi connectivity index (χ0n) is 24.1. The molecule has 0 spiro atoms. The van der Waals surface area contributed by atoms with Crippen LogP contribution in [0.2, 0.25) is 0 Å². The molecule has 2 heterocycles. The van der Waals surface area contributed by atoms with Gasteiger partial charge in [-0.3, -0.25) is 14.3 Å². The molecule has 2 aromatic carbocycles. The van der Waals surface area contributed by atoms with Gasteiger partial charge in [-0.1, -0.05) is 32.0 Å². The number of nitrogens with one attached hydrogen (secondary N) is 1. The van der Waals surface area contributed by atoms with E-state index in [9.17, 15) is 19.6 Å². The van der Waals surface area contributed by atoms with Crippen LogP contribution in [0.1, 0.15) is 46.6 Å². The number of hydrogen-bond acceptors (Lipinski definition) is 6. The van der Waals surface area contributed by atoms with E-state index in [2.05, 4.69) is 25.2 Å². The van der Waals surface area contributed by atoms with Crippen LogP contribution < -0.4 is 11.1 Å². The number of nitrogens with zero attached hydrogens (tertiary/aromatic N) is 3. The zero-order valence-corrected chi connectivity index (χ0v) is 24.1. The molecular weight excluding hydrogens is 527 g/mol. The average molecular weight is 563 g/mol. The molecule has 1 aromatic heterocycles. The van der Waals surface area contributed by atoms with Crippen molar-refractivity contribution in [1.29, 1.82) is 5.26 Å². The summed E-state index contributed by atoms with van der Waals surface area (Å²) in [6.07, 6.45) is 0.127. The van der Waals surface area contributed by atoms with Gasteiger partial charge in [0.05, 0.1) is 11.6 Å². The molecule has 2 fully saturated rings. The first kappa shape index (κ1) is 28.4. The Hall–Kier alpha value is -4.13. The van der Waals surface area contributed by atoms with Gasteiger partial charge in [0.1, 0.15) is 23.5 Å². The van der Waals surface area contributed by atoms with Gasteiger partial charge in [-0.2, -0.15) is 5.26 Å². The largest absolute Gasteiger partial charge is 0.444 e. The molecule has 3 aromatic rings. The van der Waals surface area contributed by atoms with Gasteiger partial charge in [-0.25, -0.2) is 14.0 Å². The van der Waals surface area contributed by atoms with Gasteiger partial charge in [-0.15, -0.1) is 0 Å². The minimum absolute atomic E-state index is 0.0389. The predicted octanol–water partition coefficient (Wildman–Crippen LogP) is 4.77. The third-order valence-corrected chi connectivity index (χ3v) is 8.63. The van der Waals surface area contributed by atoms with Crippen LogP contribution in [-0.4, -0.2) is 45.2 Å². The number of carbonyl (C=O) groups excluding carboxylic acids is 2. The van der Waals surface area contributed by atoms with Crippen molar-refractivity contribution in [3.63, 3.8) is 0 Å². The number of fused-ring (bicyclic) bond motifs is 3. The molecule has 2 bridgehead atoms. The highest BCUT2D eigenvalue weighted by Crippen LogP contribution is 2.50. The fraction of sp³-hybridized carbons (Fsp3) is 0.484. The maximum atomic E-state index is 15.2. The van der Waals surface area contributed by atoms with Gasteiger partial charge >= 0.3 is 11.8 Å². The quantitative estimate of drug-likeness (QED) is 0.479. The molecule has 0 radical (unpaired) electrons. The number of aromatic nitrogens is 1. The van der Waals surface area contributed by atoms with Gasteiger partial charge in [-0.05, 0) is 79.8 Å². The number of halogens is 1. The number of rotatable bonds is 5. The highest BCUT2D eigenvalue weighted by molar-refractivity contribution is 5.88. The highest BCUT2D eigenvalue weighted by atomic mass is 19.1. The fourth-order valence-corrected chi connectivity index (χ4v) is 6.33. The van der Waals surface area contributed by atoms with E-state index in [4.69, 9.17) is 9.15 Å². The highest BCUT2D eigenvalue weighted by Gasteiger charge is 2.58. The van der Waals surface area contributed by atoms with Crippen LogP contribution in [0.25, 0.3) is 22.2 Å². The summed E-state index contributed by atoms with van der Waals surface area (Å²) in [4.78, 5) is 40.0. The minimum Gasteiger partial charge on any atom is -0.444 e. The molecule has 2 aliphatic rings. The summed E-state index contributed by atoms with van der Waals surface area (Å²) < 4.78 is 27.4. The Morgan fingerprint density at radius 1 is 1.17 bits per heavy atom. The molecule has 41 heavy (non-hydrogen) atoms. The molecule has 0 unspecified atom stereocenters. The molecule has 1 aliphatic carbocycles. The van der Waals surface area contributed by atoms with Crippen molar-refractivity contribution >= 4 is 23.1 Å². The minimum atomic E-state index is -0.994. The Kier molecular flexibility index (Phi) is 7.18. The van der Waals surface area contributed by atoms with Crippen molar-refractivity contribution in [3.8, 4) is 17.2 Å². The topological polar surface area (TPSA) is 118 Å². The van der Waals surface area contributed by atoms with Crippen molar-refractivity contribution in [2.45, 2.75) is 71.2 Å². The van der Waals surface area contributed by atoms with Gasteiger partial charge < -0.3 is 14.5 Å². The van der Waals surface area contributed by atoms with Crippen molar-refractivity contribution in [2.24, 2.45) is 24.8 Å².